The van der Waals surface area contributed by atoms with E-state index >= 15 is 0 Å². The van der Waals surface area contributed by atoms with Gasteiger partial charge < -0.3 is 9.15 Å². The highest BCUT2D eigenvalue weighted by molar-refractivity contribution is 7.89. The summed E-state index contributed by atoms with van der Waals surface area (Å²) in [7, 11) is -2.40. The lowest BCUT2D eigenvalue weighted by Gasteiger charge is -2.30. The molecular formula is C22H22F3N3O4S. The molecule has 2 aromatic carbocycles. The Balaban J connectivity index is 1.55. The van der Waals surface area contributed by atoms with E-state index in [1.165, 1.54) is 23.5 Å². The molecule has 1 saturated heterocycles. The third-order valence-corrected chi connectivity index (χ3v) is 7.46. The van der Waals surface area contributed by atoms with E-state index in [1.807, 2.05) is 0 Å². The number of aromatic nitrogens is 2. The van der Waals surface area contributed by atoms with Crippen molar-refractivity contribution >= 4 is 10.0 Å². The van der Waals surface area contributed by atoms with Crippen molar-refractivity contribution < 1.29 is 30.7 Å². The summed E-state index contributed by atoms with van der Waals surface area (Å²) in [6.45, 7) is 2.29. The van der Waals surface area contributed by atoms with Gasteiger partial charge in [-0.2, -0.15) is 17.5 Å². The van der Waals surface area contributed by atoms with Crippen molar-refractivity contribution in [3.63, 3.8) is 0 Å². The van der Waals surface area contributed by atoms with Gasteiger partial charge in [-0.25, -0.2) is 8.42 Å². The van der Waals surface area contributed by atoms with Gasteiger partial charge in [-0.3, -0.25) is 0 Å². The largest absolute Gasteiger partial charge is 0.495 e. The van der Waals surface area contributed by atoms with Crippen LogP contribution in [0.4, 0.5) is 13.2 Å². The summed E-state index contributed by atoms with van der Waals surface area (Å²) in [5.41, 5.74) is 0.373. The van der Waals surface area contributed by atoms with Crippen LogP contribution in [0.25, 0.3) is 11.5 Å². The monoisotopic (exact) mass is 481 g/mol. The number of ether oxygens (including phenoxy) is 1. The molecule has 11 heteroatoms. The topological polar surface area (TPSA) is 85.5 Å². The average Bonchev–Trinajstić information content (AvgIpc) is 3.29. The summed E-state index contributed by atoms with van der Waals surface area (Å²) in [4.78, 5) is 0.0987. The van der Waals surface area contributed by atoms with Crippen molar-refractivity contribution in [2.24, 2.45) is 0 Å². The first kappa shape index (κ1) is 23.2. The molecule has 1 unspecified atom stereocenters. The summed E-state index contributed by atoms with van der Waals surface area (Å²) >= 11 is 0. The average molecular weight is 481 g/mol. The number of benzene rings is 2. The van der Waals surface area contributed by atoms with Crippen molar-refractivity contribution in [1.29, 1.82) is 0 Å². The first-order valence-corrected chi connectivity index (χ1v) is 11.7. The summed E-state index contributed by atoms with van der Waals surface area (Å²) in [5, 5.41) is 7.99. The Bertz CT molecular complexity index is 1240. The van der Waals surface area contributed by atoms with Gasteiger partial charge in [-0.05, 0) is 61.7 Å². The maximum absolute atomic E-state index is 13.3. The second-order valence-corrected chi connectivity index (χ2v) is 9.78. The molecule has 4 rings (SSSR count). The number of halogens is 3. The van der Waals surface area contributed by atoms with Crippen molar-refractivity contribution in [1.82, 2.24) is 14.5 Å². The zero-order valence-corrected chi connectivity index (χ0v) is 18.8. The molecule has 176 valence electrons. The molecule has 0 spiro atoms. The molecule has 0 bridgehead atoms. The van der Waals surface area contributed by atoms with E-state index in [1.54, 1.807) is 25.1 Å². The lowest BCUT2D eigenvalue weighted by Crippen LogP contribution is -2.39. The summed E-state index contributed by atoms with van der Waals surface area (Å²) in [6, 6.07) is 9.40. The van der Waals surface area contributed by atoms with E-state index in [4.69, 9.17) is 9.15 Å². The smallest absolute Gasteiger partial charge is 0.416 e. The highest BCUT2D eigenvalue weighted by atomic mass is 32.2. The standard InChI is InChI=1S/C22H22F3N3O4S/c1-14-5-10-18(31-2)19(12-14)33(29,30)28-11-3-4-16(13-28)21-27-26-20(32-21)15-6-8-17(9-7-15)22(23,24)25/h5-10,12,16H,3-4,11,13H2,1-2H3. The third kappa shape index (κ3) is 4.74. The minimum absolute atomic E-state index is 0.0825. The lowest BCUT2D eigenvalue weighted by molar-refractivity contribution is -0.137. The number of aryl methyl sites for hydroxylation is 1. The molecule has 1 aromatic heterocycles. The van der Waals surface area contributed by atoms with Crippen LogP contribution < -0.4 is 4.74 Å². The zero-order valence-electron chi connectivity index (χ0n) is 18.0. The summed E-state index contributed by atoms with van der Waals surface area (Å²) in [6.07, 6.45) is -3.20. The number of alkyl halides is 3. The molecule has 3 aromatic rings. The number of methoxy groups -OCH3 is 1. The SMILES string of the molecule is COc1ccc(C)cc1S(=O)(=O)N1CCCC(c2nnc(-c3ccc(C(F)(F)F)cc3)o2)C1. The van der Waals surface area contributed by atoms with Gasteiger partial charge in [0.05, 0.1) is 18.6 Å². The minimum atomic E-state index is -4.43. The Morgan fingerprint density at radius 2 is 1.85 bits per heavy atom. The molecule has 1 aliphatic heterocycles. The van der Waals surface area contributed by atoms with Crippen LogP contribution in [-0.4, -0.2) is 43.1 Å². The second-order valence-electron chi connectivity index (χ2n) is 7.88. The highest BCUT2D eigenvalue weighted by Gasteiger charge is 2.35. The highest BCUT2D eigenvalue weighted by Crippen LogP contribution is 2.35. The number of nitrogens with zero attached hydrogens (tertiary/aromatic N) is 3. The molecule has 1 aliphatic rings. The van der Waals surface area contributed by atoms with Gasteiger partial charge >= 0.3 is 6.18 Å². The van der Waals surface area contributed by atoms with Gasteiger partial charge in [-0.1, -0.05) is 6.07 Å². The van der Waals surface area contributed by atoms with Crippen LogP contribution in [-0.2, 0) is 16.2 Å². The Kier molecular flexibility index (Phi) is 6.19. The van der Waals surface area contributed by atoms with Crippen LogP contribution in [0.3, 0.4) is 0 Å². The minimum Gasteiger partial charge on any atom is -0.495 e. The molecule has 0 radical (unpaired) electrons. The number of hydrogen-bond donors (Lipinski definition) is 0. The first-order valence-electron chi connectivity index (χ1n) is 10.3. The van der Waals surface area contributed by atoms with Crippen LogP contribution in [0, 0.1) is 6.92 Å². The van der Waals surface area contributed by atoms with Gasteiger partial charge in [0.2, 0.25) is 21.8 Å². The van der Waals surface area contributed by atoms with E-state index in [9.17, 15) is 21.6 Å². The Morgan fingerprint density at radius 3 is 2.52 bits per heavy atom. The van der Waals surface area contributed by atoms with Crippen LogP contribution in [0.2, 0.25) is 0 Å². The number of rotatable bonds is 5. The molecule has 7 nitrogen and oxygen atoms in total. The van der Waals surface area contributed by atoms with E-state index in [0.717, 1.165) is 17.7 Å². The summed E-state index contributed by atoms with van der Waals surface area (Å²) < 4.78 is 77.3. The molecule has 0 aliphatic carbocycles. The molecule has 0 N–H and O–H groups in total. The van der Waals surface area contributed by atoms with Gasteiger partial charge in [-0.15, -0.1) is 10.2 Å². The van der Waals surface area contributed by atoms with Gasteiger partial charge in [0.15, 0.2) is 0 Å². The van der Waals surface area contributed by atoms with Gasteiger partial charge in [0.25, 0.3) is 0 Å². The Hall–Kier alpha value is -2.92. The van der Waals surface area contributed by atoms with Crippen molar-refractivity contribution in [2.75, 3.05) is 20.2 Å². The van der Waals surface area contributed by atoms with E-state index in [0.29, 0.717) is 24.9 Å². The quantitative estimate of drug-likeness (QED) is 0.528. The fraction of sp³-hybridized carbons (Fsp3) is 0.364. The number of piperidine rings is 1. The predicted octanol–water partition coefficient (Wildman–Crippen LogP) is 4.64. The molecule has 0 saturated carbocycles. The van der Waals surface area contributed by atoms with Crippen LogP contribution in [0.1, 0.15) is 35.8 Å². The van der Waals surface area contributed by atoms with Gasteiger partial charge in [0.1, 0.15) is 10.6 Å². The van der Waals surface area contributed by atoms with Crippen molar-refractivity contribution in [2.45, 2.75) is 36.8 Å². The van der Waals surface area contributed by atoms with Crippen LogP contribution in [0.5, 0.6) is 5.75 Å². The van der Waals surface area contributed by atoms with E-state index < -0.39 is 21.8 Å². The predicted molar refractivity (Wildman–Crippen MR) is 113 cm³/mol. The van der Waals surface area contributed by atoms with Gasteiger partial charge in [0, 0.05) is 18.7 Å². The normalized spacial score (nSPS) is 17.8. The number of hydrogen-bond acceptors (Lipinski definition) is 6. The maximum atomic E-state index is 13.3. The molecule has 0 amide bonds. The zero-order chi connectivity index (χ0) is 23.8. The van der Waals surface area contributed by atoms with E-state index in [2.05, 4.69) is 10.2 Å². The lowest BCUT2D eigenvalue weighted by atomic mass is 10.00. The molecule has 2 heterocycles. The maximum Gasteiger partial charge on any atom is 0.416 e. The molecule has 1 fully saturated rings. The van der Waals surface area contributed by atoms with Crippen LogP contribution in [0.15, 0.2) is 51.8 Å². The number of sulfonamides is 1. The van der Waals surface area contributed by atoms with Crippen LogP contribution >= 0.6 is 0 Å². The fourth-order valence-corrected chi connectivity index (χ4v) is 5.57. The fourth-order valence-electron chi connectivity index (χ4n) is 3.80. The van der Waals surface area contributed by atoms with Crippen molar-refractivity contribution in [3.8, 4) is 17.2 Å². The van der Waals surface area contributed by atoms with E-state index in [-0.39, 0.29) is 34.9 Å². The molecule has 1 atom stereocenters. The first-order chi connectivity index (χ1) is 15.6. The van der Waals surface area contributed by atoms with Crippen molar-refractivity contribution in [3.05, 3.63) is 59.5 Å². The Labute approximate surface area is 189 Å². The summed E-state index contributed by atoms with van der Waals surface area (Å²) in [5.74, 6) is 0.269. The third-order valence-electron chi connectivity index (χ3n) is 5.57. The molecular weight excluding hydrogens is 459 g/mol. The Morgan fingerprint density at radius 1 is 1.12 bits per heavy atom. The molecule has 33 heavy (non-hydrogen) atoms. The second kappa shape index (κ2) is 8.79.